The summed E-state index contributed by atoms with van der Waals surface area (Å²) in [7, 11) is 5.57. The zero-order valence-electron chi connectivity index (χ0n) is 27.0. The van der Waals surface area contributed by atoms with Crippen LogP contribution in [0.2, 0.25) is 0 Å². The standard InChI is InChI=1S/C27H46N4O5S.2C2H6.2CH4/c1-22(33)31(15-10-8-6-5-7-9-14-28-26(34)13-18-37)20-24-19-23(21-32)11-12-25(24)36-27(35)30(4)17-16-29(2)3;2*1-2;;/h11-12,19,32,37H,5-10,13-18,20-21H2,1-4H3,(H,28,34);2*1-2H3;2*1H4. The van der Waals surface area contributed by atoms with E-state index in [1.807, 2.05) is 46.7 Å². The summed E-state index contributed by atoms with van der Waals surface area (Å²) in [5, 5.41) is 12.5. The zero-order valence-corrected chi connectivity index (χ0v) is 27.9. The Balaban J connectivity index is -0.00000121. The second kappa shape index (κ2) is 31.1. The molecule has 0 bridgehead atoms. The van der Waals surface area contributed by atoms with Crippen molar-refractivity contribution >= 4 is 30.5 Å². The van der Waals surface area contributed by atoms with Crippen LogP contribution in [-0.4, -0.2) is 90.8 Å². The highest BCUT2D eigenvalue weighted by molar-refractivity contribution is 7.80. The number of aliphatic hydroxyl groups is 1. The van der Waals surface area contributed by atoms with E-state index in [-0.39, 0.29) is 33.3 Å². The lowest BCUT2D eigenvalue weighted by atomic mass is 10.1. The van der Waals surface area contributed by atoms with Gasteiger partial charge in [-0.15, -0.1) is 0 Å². The number of thiol groups is 1. The number of unbranched alkanes of at least 4 members (excludes halogenated alkanes) is 5. The summed E-state index contributed by atoms with van der Waals surface area (Å²) in [6.07, 6.45) is 6.05. The molecule has 1 aromatic rings. The summed E-state index contributed by atoms with van der Waals surface area (Å²) in [6.45, 7) is 12.3. The third-order valence-electron chi connectivity index (χ3n) is 6.02. The minimum Gasteiger partial charge on any atom is -0.410 e. The monoisotopic (exact) mass is 630 g/mol. The van der Waals surface area contributed by atoms with Crippen molar-refractivity contribution in [3.63, 3.8) is 0 Å². The third kappa shape index (κ3) is 23.8. The molecule has 0 heterocycles. The first-order chi connectivity index (χ1) is 19.7. The number of amides is 3. The molecule has 0 unspecified atom stereocenters. The molecule has 0 aliphatic rings. The van der Waals surface area contributed by atoms with Crippen molar-refractivity contribution < 1.29 is 24.2 Å². The van der Waals surface area contributed by atoms with Crippen molar-refractivity contribution in [1.82, 2.24) is 20.0 Å². The normalized spacial score (nSPS) is 9.65. The van der Waals surface area contributed by atoms with Crippen LogP contribution in [0.15, 0.2) is 18.2 Å². The first-order valence-corrected chi connectivity index (χ1v) is 15.7. The van der Waals surface area contributed by atoms with Gasteiger partial charge in [0.1, 0.15) is 5.75 Å². The summed E-state index contributed by atoms with van der Waals surface area (Å²) < 4.78 is 5.66. The Morgan fingerprint density at radius 3 is 2.00 bits per heavy atom. The molecular weight excluding hydrogens is 564 g/mol. The summed E-state index contributed by atoms with van der Waals surface area (Å²) in [6, 6.07) is 5.18. The number of hydrogen-bond acceptors (Lipinski definition) is 7. The Labute approximate surface area is 270 Å². The number of likely N-dealkylation sites (N-methyl/N-ethyl adjacent to an activating group) is 2. The molecule has 9 nitrogen and oxygen atoms in total. The van der Waals surface area contributed by atoms with Crippen molar-refractivity contribution in [2.45, 2.75) is 108 Å². The summed E-state index contributed by atoms with van der Waals surface area (Å²) in [5.74, 6) is 0.966. The molecule has 43 heavy (non-hydrogen) atoms. The van der Waals surface area contributed by atoms with Crippen LogP contribution in [0, 0.1) is 0 Å². The SMILES string of the molecule is C.C.CC.CC.CC(=O)N(CCCCCCCCNC(=O)CCS)Cc1cc(CO)ccc1OC(=O)N(C)CCN(C)C. The second-order valence-electron chi connectivity index (χ2n) is 9.58. The lowest BCUT2D eigenvalue weighted by Gasteiger charge is -2.24. The number of nitrogens with zero attached hydrogens (tertiary/aromatic N) is 3. The van der Waals surface area contributed by atoms with E-state index in [2.05, 4.69) is 17.9 Å². The first kappa shape index (κ1) is 47.6. The number of rotatable bonds is 18. The Bertz CT molecular complexity index is 840. The Morgan fingerprint density at radius 2 is 1.47 bits per heavy atom. The molecule has 254 valence electrons. The number of benzene rings is 1. The molecule has 0 aliphatic heterocycles. The van der Waals surface area contributed by atoms with Gasteiger partial charge in [-0.1, -0.05) is 74.3 Å². The fourth-order valence-electron chi connectivity index (χ4n) is 3.67. The van der Waals surface area contributed by atoms with Gasteiger partial charge in [0.05, 0.1) is 6.61 Å². The van der Waals surface area contributed by atoms with E-state index < -0.39 is 6.09 Å². The second-order valence-corrected chi connectivity index (χ2v) is 10.0. The van der Waals surface area contributed by atoms with Crippen molar-refractivity contribution in [3.05, 3.63) is 29.3 Å². The summed E-state index contributed by atoms with van der Waals surface area (Å²) >= 11 is 4.05. The van der Waals surface area contributed by atoms with E-state index in [4.69, 9.17) is 4.74 Å². The van der Waals surface area contributed by atoms with Crippen LogP contribution in [-0.2, 0) is 22.7 Å². The minimum atomic E-state index is -0.463. The van der Waals surface area contributed by atoms with Gasteiger partial charge in [0.15, 0.2) is 0 Å². The minimum absolute atomic E-state index is 0. The number of carbonyl (C=O) groups is 3. The Hall–Kier alpha value is -2.30. The molecule has 0 saturated heterocycles. The molecule has 10 heteroatoms. The van der Waals surface area contributed by atoms with Gasteiger partial charge in [-0.2, -0.15) is 12.6 Å². The van der Waals surface area contributed by atoms with E-state index in [9.17, 15) is 19.5 Å². The van der Waals surface area contributed by atoms with E-state index in [1.54, 1.807) is 37.1 Å². The van der Waals surface area contributed by atoms with Gasteiger partial charge in [-0.05, 0) is 50.4 Å². The van der Waals surface area contributed by atoms with Crippen LogP contribution in [0.25, 0.3) is 0 Å². The molecular formula is C33H66N4O5S. The van der Waals surface area contributed by atoms with Crippen LogP contribution in [0.4, 0.5) is 4.79 Å². The fraction of sp³-hybridized carbons (Fsp3) is 0.727. The van der Waals surface area contributed by atoms with E-state index in [0.29, 0.717) is 61.8 Å². The molecule has 1 aromatic carbocycles. The van der Waals surface area contributed by atoms with E-state index in [0.717, 1.165) is 38.5 Å². The van der Waals surface area contributed by atoms with Gasteiger partial charge in [0.25, 0.3) is 0 Å². The maximum Gasteiger partial charge on any atom is 0.415 e. The third-order valence-corrected chi connectivity index (χ3v) is 6.25. The number of nitrogens with one attached hydrogen (secondary N) is 1. The zero-order chi connectivity index (χ0) is 31.6. The number of carbonyl (C=O) groups excluding carboxylic acids is 3. The lowest BCUT2D eigenvalue weighted by Crippen LogP contribution is -2.35. The highest BCUT2D eigenvalue weighted by atomic mass is 32.1. The average Bonchev–Trinajstić information content (AvgIpc) is 2.97. The summed E-state index contributed by atoms with van der Waals surface area (Å²) in [4.78, 5) is 41.6. The molecule has 0 aliphatic carbocycles. The average molecular weight is 631 g/mol. The largest absolute Gasteiger partial charge is 0.415 e. The van der Waals surface area contributed by atoms with E-state index in [1.165, 1.54) is 4.90 Å². The fourth-order valence-corrected chi connectivity index (χ4v) is 3.88. The van der Waals surface area contributed by atoms with Gasteiger partial charge < -0.3 is 29.9 Å². The van der Waals surface area contributed by atoms with Crippen LogP contribution >= 0.6 is 12.6 Å². The van der Waals surface area contributed by atoms with Gasteiger partial charge in [-0.25, -0.2) is 4.79 Å². The molecule has 0 saturated carbocycles. The number of ether oxygens (including phenoxy) is 1. The van der Waals surface area contributed by atoms with Crippen LogP contribution in [0.3, 0.4) is 0 Å². The van der Waals surface area contributed by atoms with E-state index >= 15 is 0 Å². The molecule has 1 rings (SSSR count). The lowest BCUT2D eigenvalue weighted by molar-refractivity contribution is -0.129. The first-order valence-electron chi connectivity index (χ1n) is 15.1. The van der Waals surface area contributed by atoms with Crippen molar-refractivity contribution in [2.24, 2.45) is 0 Å². The van der Waals surface area contributed by atoms with Crippen LogP contribution in [0.5, 0.6) is 5.75 Å². The smallest absolute Gasteiger partial charge is 0.410 e. The molecule has 0 fully saturated rings. The van der Waals surface area contributed by atoms with Gasteiger partial charge >= 0.3 is 6.09 Å². The quantitative estimate of drug-likeness (QED) is 0.124. The highest BCUT2D eigenvalue weighted by Gasteiger charge is 2.17. The van der Waals surface area contributed by atoms with Gasteiger partial charge in [0, 0.05) is 58.7 Å². The molecule has 0 aromatic heterocycles. The highest BCUT2D eigenvalue weighted by Crippen LogP contribution is 2.23. The molecule has 3 amide bonds. The number of aliphatic hydroxyl groups excluding tert-OH is 1. The van der Waals surface area contributed by atoms with Gasteiger partial charge in [0.2, 0.25) is 11.8 Å². The summed E-state index contributed by atoms with van der Waals surface area (Å²) in [5.41, 5.74) is 1.39. The topological polar surface area (TPSA) is 102 Å². The van der Waals surface area contributed by atoms with Crippen LogP contribution in [0.1, 0.15) is 106 Å². The predicted octanol–water partition coefficient (Wildman–Crippen LogP) is 6.62. The predicted molar refractivity (Wildman–Crippen MR) is 186 cm³/mol. The van der Waals surface area contributed by atoms with Crippen molar-refractivity contribution in [3.8, 4) is 5.75 Å². The molecule has 2 N–H and O–H groups in total. The van der Waals surface area contributed by atoms with Crippen molar-refractivity contribution in [1.29, 1.82) is 0 Å². The van der Waals surface area contributed by atoms with Crippen molar-refractivity contribution in [2.75, 3.05) is 53.1 Å². The molecule has 0 atom stereocenters. The van der Waals surface area contributed by atoms with Crippen LogP contribution < -0.4 is 10.1 Å². The molecule has 0 radical (unpaired) electrons. The number of hydrogen-bond donors (Lipinski definition) is 3. The Morgan fingerprint density at radius 1 is 0.884 bits per heavy atom. The Kier molecular flexibility index (Phi) is 34.5. The maximum atomic E-state index is 12.6. The molecule has 0 spiro atoms. The maximum absolute atomic E-state index is 12.6. The van der Waals surface area contributed by atoms with Gasteiger partial charge in [-0.3, -0.25) is 9.59 Å².